The van der Waals surface area contributed by atoms with Crippen LogP contribution in [0.25, 0.3) is 5.84 Å². The van der Waals surface area contributed by atoms with Gasteiger partial charge in [-0.15, -0.1) is 5.10 Å². The number of rotatable bonds is 2. The first-order valence-corrected chi connectivity index (χ1v) is 4.93. The summed E-state index contributed by atoms with van der Waals surface area (Å²) in [5, 5.41) is 4.13. The summed E-state index contributed by atoms with van der Waals surface area (Å²) in [6.45, 7) is 8.55. The quantitative estimate of drug-likeness (QED) is 0.736. The first-order chi connectivity index (χ1) is 6.61. The molecule has 2 rings (SSSR count). The van der Waals surface area contributed by atoms with E-state index in [-0.39, 0.29) is 0 Å². The minimum Gasteiger partial charge on any atom is -0.410 e. The fourth-order valence-corrected chi connectivity index (χ4v) is 1.69. The van der Waals surface area contributed by atoms with Crippen LogP contribution in [0.3, 0.4) is 0 Å². The van der Waals surface area contributed by atoms with Crippen LogP contribution in [0.4, 0.5) is 0 Å². The molecule has 0 saturated carbocycles. The van der Waals surface area contributed by atoms with Gasteiger partial charge in [0.25, 0.3) is 0 Å². The molecule has 0 atom stereocenters. The Hall–Kier alpha value is -1.32. The van der Waals surface area contributed by atoms with E-state index in [2.05, 4.69) is 37.8 Å². The summed E-state index contributed by atoms with van der Waals surface area (Å²) in [5.74, 6) is 1.41. The van der Waals surface area contributed by atoms with Gasteiger partial charge in [0.05, 0.1) is 11.4 Å². The lowest BCUT2D eigenvalue weighted by Gasteiger charge is -2.07. The second-order valence-electron chi connectivity index (χ2n) is 4.12. The van der Waals surface area contributed by atoms with Gasteiger partial charge in [0.15, 0.2) is 0 Å². The van der Waals surface area contributed by atoms with Crippen LogP contribution >= 0.6 is 0 Å². The van der Waals surface area contributed by atoms with Crippen LogP contribution in [0.1, 0.15) is 50.9 Å². The fourth-order valence-electron chi connectivity index (χ4n) is 1.69. The van der Waals surface area contributed by atoms with E-state index in [1.165, 1.54) is 6.39 Å². The second kappa shape index (κ2) is 3.12. The van der Waals surface area contributed by atoms with Gasteiger partial charge in [0, 0.05) is 0 Å². The van der Waals surface area contributed by atoms with Crippen molar-refractivity contribution in [1.82, 2.24) is 14.6 Å². The van der Waals surface area contributed by atoms with Crippen molar-refractivity contribution < 1.29 is 4.42 Å². The number of hydrogen-bond donors (Lipinski definition) is 0. The highest BCUT2D eigenvalue weighted by Crippen LogP contribution is 2.26. The summed E-state index contributed by atoms with van der Waals surface area (Å²) in [7, 11) is 0. The van der Waals surface area contributed by atoms with E-state index in [0.717, 1.165) is 11.4 Å². The molecule has 0 spiro atoms. The predicted molar refractivity (Wildman–Crippen MR) is 53.4 cm³/mol. The predicted octanol–water partition coefficient (Wildman–Crippen LogP) is 2.57. The minimum absolute atomic E-state index is 0.407. The third kappa shape index (κ3) is 1.22. The molecule has 0 fully saturated rings. The molecule has 0 aromatic carbocycles. The van der Waals surface area contributed by atoms with E-state index in [4.69, 9.17) is 4.42 Å². The van der Waals surface area contributed by atoms with Gasteiger partial charge in [-0.2, -0.15) is 9.50 Å². The molecule has 0 radical (unpaired) electrons. The molecule has 0 aliphatic heterocycles. The zero-order chi connectivity index (χ0) is 10.3. The Morgan fingerprint density at radius 2 is 1.93 bits per heavy atom. The summed E-state index contributed by atoms with van der Waals surface area (Å²) in [5.41, 5.74) is 2.25. The molecular weight excluding hydrogens is 178 g/mol. The van der Waals surface area contributed by atoms with Gasteiger partial charge < -0.3 is 4.42 Å². The van der Waals surface area contributed by atoms with Gasteiger partial charge in [-0.05, 0) is 11.8 Å². The molecule has 2 aromatic rings. The number of aromatic nitrogens is 3. The van der Waals surface area contributed by atoms with E-state index in [0.29, 0.717) is 17.7 Å². The van der Waals surface area contributed by atoms with Crippen molar-refractivity contribution in [2.45, 2.75) is 39.5 Å². The van der Waals surface area contributed by atoms with Crippen LogP contribution in [0.15, 0.2) is 10.8 Å². The Labute approximate surface area is 82.9 Å². The van der Waals surface area contributed by atoms with E-state index in [9.17, 15) is 0 Å². The molecule has 0 aliphatic rings. The van der Waals surface area contributed by atoms with Gasteiger partial charge in [0.2, 0.25) is 6.39 Å². The van der Waals surface area contributed by atoms with Crippen molar-refractivity contribution in [2.24, 2.45) is 0 Å². The van der Waals surface area contributed by atoms with Crippen LogP contribution in [0, 0.1) is 0 Å². The van der Waals surface area contributed by atoms with Crippen LogP contribution in [-0.2, 0) is 0 Å². The Bertz CT molecular complexity index is 439. The topological polar surface area (TPSA) is 43.3 Å². The van der Waals surface area contributed by atoms with Crippen LogP contribution in [-0.4, -0.2) is 14.6 Å². The largest absolute Gasteiger partial charge is 0.410 e. The lowest BCUT2D eigenvalue weighted by molar-refractivity contribution is 0.586. The monoisotopic (exact) mass is 193 g/mol. The molecule has 0 saturated heterocycles. The molecule has 4 nitrogen and oxygen atoms in total. The molecule has 0 N–H and O–H groups in total. The van der Waals surface area contributed by atoms with Gasteiger partial charge >= 0.3 is 5.84 Å². The molecule has 0 bridgehead atoms. The van der Waals surface area contributed by atoms with Gasteiger partial charge in [0.1, 0.15) is 0 Å². The van der Waals surface area contributed by atoms with Crippen molar-refractivity contribution in [2.75, 3.05) is 0 Å². The van der Waals surface area contributed by atoms with Crippen molar-refractivity contribution in [3.63, 3.8) is 0 Å². The van der Waals surface area contributed by atoms with Crippen molar-refractivity contribution >= 4 is 5.84 Å². The van der Waals surface area contributed by atoms with E-state index < -0.39 is 0 Å². The molecule has 2 heterocycles. The first kappa shape index (κ1) is 9.24. The maximum atomic E-state index is 5.18. The maximum Gasteiger partial charge on any atom is 0.324 e. The Morgan fingerprint density at radius 1 is 1.21 bits per heavy atom. The molecule has 0 aliphatic carbocycles. The molecule has 0 amide bonds. The normalized spacial score (nSPS) is 12.1. The zero-order valence-electron chi connectivity index (χ0n) is 8.98. The number of imidazole rings is 1. The van der Waals surface area contributed by atoms with Crippen molar-refractivity contribution in [1.29, 1.82) is 0 Å². The number of hydrogen-bond acceptors (Lipinski definition) is 3. The maximum absolute atomic E-state index is 5.18. The third-order valence-corrected chi connectivity index (χ3v) is 2.30. The molecule has 0 unspecified atom stereocenters. The summed E-state index contributed by atoms with van der Waals surface area (Å²) in [6, 6.07) is 0. The van der Waals surface area contributed by atoms with Gasteiger partial charge in [-0.3, -0.25) is 0 Å². The zero-order valence-corrected chi connectivity index (χ0v) is 8.98. The molecule has 2 aromatic heterocycles. The molecule has 14 heavy (non-hydrogen) atoms. The Kier molecular flexibility index (Phi) is 2.06. The van der Waals surface area contributed by atoms with Crippen LogP contribution < -0.4 is 0 Å². The van der Waals surface area contributed by atoms with Crippen LogP contribution in [0.5, 0.6) is 0 Å². The van der Waals surface area contributed by atoms with Crippen LogP contribution in [0.2, 0.25) is 0 Å². The van der Waals surface area contributed by atoms with Crippen molar-refractivity contribution in [3.05, 3.63) is 17.8 Å². The lowest BCUT2D eigenvalue weighted by Crippen LogP contribution is -2.01. The summed E-state index contributed by atoms with van der Waals surface area (Å²) >= 11 is 0. The average molecular weight is 193 g/mol. The highest BCUT2D eigenvalue weighted by atomic mass is 16.4. The highest BCUT2D eigenvalue weighted by molar-refractivity contribution is 5.33. The number of nitrogens with zero attached hydrogens (tertiary/aromatic N) is 3. The first-order valence-electron chi connectivity index (χ1n) is 4.93. The molecule has 4 heteroatoms. The van der Waals surface area contributed by atoms with Gasteiger partial charge in [-0.25, -0.2) is 0 Å². The summed E-state index contributed by atoms with van der Waals surface area (Å²) < 4.78 is 6.97. The Balaban J connectivity index is 2.69. The summed E-state index contributed by atoms with van der Waals surface area (Å²) in [4.78, 5) is 4.43. The lowest BCUT2D eigenvalue weighted by atomic mass is 10.0. The fraction of sp³-hybridized carbons (Fsp3) is 0.600. The molecular formula is C10H15N3O. The van der Waals surface area contributed by atoms with Gasteiger partial charge in [-0.1, -0.05) is 27.7 Å². The SMILES string of the molecule is CC(C)c1nc2ocnn2c1C(C)C. The van der Waals surface area contributed by atoms with E-state index >= 15 is 0 Å². The van der Waals surface area contributed by atoms with E-state index in [1.54, 1.807) is 4.52 Å². The van der Waals surface area contributed by atoms with Crippen molar-refractivity contribution in [3.8, 4) is 0 Å². The smallest absolute Gasteiger partial charge is 0.324 e. The molecule has 76 valence electrons. The van der Waals surface area contributed by atoms with E-state index in [1.807, 2.05) is 0 Å². The standard InChI is InChI=1S/C10H15N3O/c1-6(2)8-9(7(3)4)13-10(12-8)14-5-11-13/h5-7H,1-4H3. The highest BCUT2D eigenvalue weighted by Gasteiger charge is 2.19. The minimum atomic E-state index is 0.407. The third-order valence-electron chi connectivity index (χ3n) is 2.30. The second-order valence-corrected chi connectivity index (χ2v) is 4.12. The summed E-state index contributed by atoms with van der Waals surface area (Å²) in [6.07, 6.45) is 1.43. The average Bonchev–Trinajstić information content (AvgIpc) is 2.58. The Morgan fingerprint density at radius 3 is 2.50 bits per heavy atom. The number of fused-ring (bicyclic) bond motifs is 1.